The smallest absolute Gasteiger partial charge is 0.328 e. The van der Waals surface area contributed by atoms with E-state index in [9.17, 15) is 13.6 Å². The summed E-state index contributed by atoms with van der Waals surface area (Å²) in [6.07, 6.45) is 2.20. The summed E-state index contributed by atoms with van der Waals surface area (Å²) in [5, 5.41) is 8.61. The number of hydrogen-bond acceptors (Lipinski definition) is 1. The maximum atomic E-state index is 13.2. The number of benzene rings is 2. The fourth-order valence-electron chi connectivity index (χ4n) is 1.75. The minimum absolute atomic E-state index is 0.382. The molecule has 0 aliphatic carbocycles. The molecule has 0 radical (unpaired) electrons. The molecule has 0 amide bonds. The van der Waals surface area contributed by atoms with Crippen LogP contribution >= 0.6 is 0 Å². The predicted octanol–water partition coefficient (Wildman–Crippen LogP) is 3.73. The molecule has 96 valence electrons. The minimum atomic E-state index is -1.13. The van der Waals surface area contributed by atoms with E-state index in [1.165, 1.54) is 36.4 Å². The average Bonchev–Trinajstić information content (AvgIpc) is 2.36. The molecule has 2 aromatic rings. The quantitative estimate of drug-likeness (QED) is 0.854. The Balaban J connectivity index is 2.53. The SMILES string of the molecule is O=C(O)/C=C/c1cc(F)ccc1-c1cccc(F)c1. The fourth-order valence-corrected chi connectivity index (χ4v) is 1.75. The zero-order chi connectivity index (χ0) is 13.8. The van der Waals surface area contributed by atoms with E-state index in [1.807, 2.05) is 0 Å². The molecule has 0 saturated carbocycles. The Morgan fingerprint density at radius 1 is 1.05 bits per heavy atom. The van der Waals surface area contributed by atoms with Gasteiger partial charge in [0, 0.05) is 6.08 Å². The maximum Gasteiger partial charge on any atom is 0.328 e. The number of rotatable bonds is 3. The van der Waals surface area contributed by atoms with Crippen LogP contribution in [-0.2, 0) is 4.79 Å². The first-order chi connectivity index (χ1) is 9.06. The molecule has 0 heterocycles. The molecule has 19 heavy (non-hydrogen) atoms. The highest BCUT2D eigenvalue weighted by Crippen LogP contribution is 2.26. The lowest BCUT2D eigenvalue weighted by Gasteiger charge is -2.06. The van der Waals surface area contributed by atoms with Gasteiger partial charge in [0.05, 0.1) is 0 Å². The normalized spacial score (nSPS) is 10.8. The lowest BCUT2D eigenvalue weighted by molar-refractivity contribution is -0.131. The molecule has 0 aromatic heterocycles. The van der Waals surface area contributed by atoms with Crippen molar-refractivity contribution >= 4 is 12.0 Å². The summed E-state index contributed by atoms with van der Waals surface area (Å²) in [5.41, 5.74) is 1.51. The largest absolute Gasteiger partial charge is 0.478 e. The first-order valence-electron chi connectivity index (χ1n) is 5.53. The van der Waals surface area contributed by atoms with Crippen LogP contribution in [0.25, 0.3) is 17.2 Å². The summed E-state index contributed by atoms with van der Waals surface area (Å²) in [6, 6.07) is 9.78. The van der Waals surface area contributed by atoms with E-state index in [4.69, 9.17) is 5.11 Å². The standard InChI is InChI=1S/C15H10F2O2/c16-12-3-1-2-10(8-12)14-6-5-13(17)9-11(14)4-7-15(18)19/h1-9H,(H,18,19)/b7-4+. The Morgan fingerprint density at radius 2 is 1.79 bits per heavy atom. The average molecular weight is 260 g/mol. The highest BCUT2D eigenvalue weighted by atomic mass is 19.1. The lowest BCUT2D eigenvalue weighted by atomic mass is 9.99. The van der Waals surface area contributed by atoms with Crippen molar-refractivity contribution in [3.05, 3.63) is 65.7 Å². The van der Waals surface area contributed by atoms with Crippen LogP contribution in [0.5, 0.6) is 0 Å². The van der Waals surface area contributed by atoms with Gasteiger partial charge in [-0.1, -0.05) is 18.2 Å². The molecule has 1 N–H and O–H groups in total. The van der Waals surface area contributed by atoms with Crippen LogP contribution in [0.4, 0.5) is 8.78 Å². The van der Waals surface area contributed by atoms with Gasteiger partial charge < -0.3 is 5.11 Å². The van der Waals surface area contributed by atoms with Crippen molar-refractivity contribution in [2.24, 2.45) is 0 Å². The molecular weight excluding hydrogens is 250 g/mol. The minimum Gasteiger partial charge on any atom is -0.478 e. The van der Waals surface area contributed by atoms with Gasteiger partial charge in [-0.25, -0.2) is 13.6 Å². The van der Waals surface area contributed by atoms with E-state index in [1.54, 1.807) is 12.1 Å². The Kier molecular flexibility index (Phi) is 3.71. The maximum absolute atomic E-state index is 13.2. The van der Waals surface area contributed by atoms with Crippen LogP contribution in [0.1, 0.15) is 5.56 Å². The van der Waals surface area contributed by atoms with Gasteiger partial charge in [0.2, 0.25) is 0 Å². The fraction of sp³-hybridized carbons (Fsp3) is 0. The van der Waals surface area contributed by atoms with Crippen LogP contribution in [0.15, 0.2) is 48.5 Å². The summed E-state index contributed by atoms with van der Waals surface area (Å²) in [6.45, 7) is 0. The molecule has 0 atom stereocenters. The molecule has 0 aliphatic heterocycles. The second-order valence-corrected chi connectivity index (χ2v) is 3.91. The van der Waals surface area contributed by atoms with Crippen LogP contribution in [0, 0.1) is 11.6 Å². The van der Waals surface area contributed by atoms with E-state index < -0.39 is 17.6 Å². The third kappa shape index (κ3) is 3.25. The second kappa shape index (κ2) is 5.44. The second-order valence-electron chi connectivity index (χ2n) is 3.91. The van der Waals surface area contributed by atoms with Crippen molar-refractivity contribution in [3.63, 3.8) is 0 Å². The Labute approximate surface area is 108 Å². The first-order valence-corrected chi connectivity index (χ1v) is 5.53. The van der Waals surface area contributed by atoms with E-state index >= 15 is 0 Å². The Bertz CT molecular complexity index is 648. The van der Waals surface area contributed by atoms with E-state index in [0.29, 0.717) is 16.7 Å². The summed E-state index contributed by atoms with van der Waals surface area (Å²) in [5.74, 6) is -2.02. The number of aliphatic carboxylic acids is 1. The van der Waals surface area contributed by atoms with Gasteiger partial charge in [0.15, 0.2) is 0 Å². The summed E-state index contributed by atoms with van der Waals surface area (Å²) >= 11 is 0. The van der Waals surface area contributed by atoms with Gasteiger partial charge in [-0.2, -0.15) is 0 Å². The zero-order valence-corrected chi connectivity index (χ0v) is 9.81. The number of carboxylic acid groups (broad SMARTS) is 1. The number of carbonyl (C=O) groups is 1. The molecule has 0 unspecified atom stereocenters. The predicted molar refractivity (Wildman–Crippen MR) is 68.5 cm³/mol. The molecular formula is C15H10F2O2. The van der Waals surface area contributed by atoms with Gasteiger partial charge in [0.25, 0.3) is 0 Å². The summed E-state index contributed by atoms with van der Waals surface area (Å²) < 4.78 is 26.4. The number of hydrogen-bond donors (Lipinski definition) is 1. The van der Waals surface area contributed by atoms with E-state index in [2.05, 4.69) is 0 Å². The Hall–Kier alpha value is -2.49. The Morgan fingerprint density at radius 3 is 2.47 bits per heavy atom. The third-order valence-corrected chi connectivity index (χ3v) is 2.55. The van der Waals surface area contributed by atoms with Crippen molar-refractivity contribution in [2.75, 3.05) is 0 Å². The highest BCUT2D eigenvalue weighted by molar-refractivity contribution is 5.87. The number of carboxylic acids is 1. The van der Waals surface area contributed by atoms with Gasteiger partial charge in [-0.05, 0) is 47.0 Å². The molecule has 2 aromatic carbocycles. The molecule has 0 bridgehead atoms. The lowest BCUT2D eigenvalue weighted by Crippen LogP contribution is -1.89. The summed E-state index contributed by atoms with van der Waals surface area (Å²) in [4.78, 5) is 10.5. The van der Waals surface area contributed by atoms with Crippen LogP contribution in [-0.4, -0.2) is 11.1 Å². The molecule has 0 saturated heterocycles. The van der Waals surface area contributed by atoms with Crippen molar-refractivity contribution in [1.82, 2.24) is 0 Å². The summed E-state index contributed by atoms with van der Waals surface area (Å²) in [7, 11) is 0. The van der Waals surface area contributed by atoms with Crippen LogP contribution < -0.4 is 0 Å². The van der Waals surface area contributed by atoms with Crippen molar-refractivity contribution in [2.45, 2.75) is 0 Å². The zero-order valence-electron chi connectivity index (χ0n) is 9.81. The first kappa shape index (κ1) is 13.0. The van der Waals surface area contributed by atoms with Gasteiger partial charge in [-0.3, -0.25) is 0 Å². The molecule has 0 spiro atoms. The molecule has 0 fully saturated rings. The van der Waals surface area contributed by atoms with E-state index in [0.717, 1.165) is 6.08 Å². The topological polar surface area (TPSA) is 37.3 Å². The van der Waals surface area contributed by atoms with E-state index in [-0.39, 0.29) is 0 Å². The van der Waals surface area contributed by atoms with Crippen molar-refractivity contribution in [1.29, 1.82) is 0 Å². The monoisotopic (exact) mass is 260 g/mol. The van der Waals surface area contributed by atoms with Crippen molar-refractivity contribution < 1.29 is 18.7 Å². The number of halogens is 2. The third-order valence-electron chi connectivity index (χ3n) is 2.55. The van der Waals surface area contributed by atoms with Crippen molar-refractivity contribution in [3.8, 4) is 11.1 Å². The molecule has 2 rings (SSSR count). The van der Waals surface area contributed by atoms with Crippen LogP contribution in [0.3, 0.4) is 0 Å². The molecule has 2 nitrogen and oxygen atoms in total. The molecule has 4 heteroatoms. The van der Waals surface area contributed by atoms with Gasteiger partial charge in [-0.15, -0.1) is 0 Å². The van der Waals surface area contributed by atoms with Gasteiger partial charge >= 0.3 is 5.97 Å². The molecule has 0 aliphatic rings. The van der Waals surface area contributed by atoms with Gasteiger partial charge in [0.1, 0.15) is 11.6 Å². The highest BCUT2D eigenvalue weighted by Gasteiger charge is 2.06. The van der Waals surface area contributed by atoms with Crippen LogP contribution in [0.2, 0.25) is 0 Å².